The average Bonchev–Trinajstić information content (AvgIpc) is 2.33. The minimum Gasteiger partial charge on any atom is -0.378 e. The maximum atomic E-state index is 5.77. The number of hydrogen-bond acceptors (Lipinski definition) is 3. The van der Waals surface area contributed by atoms with Gasteiger partial charge in [-0.25, -0.2) is 0 Å². The maximum Gasteiger partial charge on any atom is 0.0719 e. The summed E-state index contributed by atoms with van der Waals surface area (Å²) in [5.41, 5.74) is 5.61. The Morgan fingerprint density at radius 1 is 1.00 bits per heavy atom. The molecule has 2 atom stereocenters. The molecular formula is C14H31NO2. The second-order valence-electron chi connectivity index (χ2n) is 4.63. The van der Waals surface area contributed by atoms with Crippen LogP contribution in [-0.4, -0.2) is 32.0 Å². The van der Waals surface area contributed by atoms with E-state index >= 15 is 0 Å². The molecule has 2 N–H and O–H groups in total. The lowest BCUT2D eigenvalue weighted by molar-refractivity contribution is 0.00833. The highest BCUT2D eigenvalue weighted by molar-refractivity contribution is 4.59. The summed E-state index contributed by atoms with van der Waals surface area (Å²) in [5.74, 6) is 0. The van der Waals surface area contributed by atoms with Crippen molar-refractivity contribution in [3.63, 3.8) is 0 Å². The zero-order valence-electron chi connectivity index (χ0n) is 11.9. The monoisotopic (exact) mass is 245 g/mol. The molecule has 17 heavy (non-hydrogen) atoms. The third kappa shape index (κ3) is 10.7. The van der Waals surface area contributed by atoms with Crippen LogP contribution in [0, 0.1) is 0 Å². The largest absolute Gasteiger partial charge is 0.378 e. The van der Waals surface area contributed by atoms with Gasteiger partial charge in [0, 0.05) is 19.8 Å². The molecule has 0 aromatic heterocycles. The topological polar surface area (TPSA) is 44.5 Å². The molecule has 0 aliphatic rings. The Morgan fingerprint density at radius 2 is 1.76 bits per heavy atom. The highest BCUT2D eigenvalue weighted by Crippen LogP contribution is 2.08. The van der Waals surface area contributed by atoms with Crippen LogP contribution in [0.3, 0.4) is 0 Å². The lowest BCUT2D eigenvalue weighted by atomic mass is 10.1. The molecule has 0 saturated heterocycles. The van der Waals surface area contributed by atoms with E-state index in [9.17, 15) is 0 Å². The number of hydrogen-bond donors (Lipinski definition) is 1. The number of unbranched alkanes of at least 4 members (excludes halogenated alkanes) is 3. The number of ether oxygens (including phenoxy) is 2. The van der Waals surface area contributed by atoms with Crippen molar-refractivity contribution < 1.29 is 9.47 Å². The van der Waals surface area contributed by atoms with E-state index in [1.54, 1.807) is 0 Å². The first-order valence-electron chi connectivity index (χ1n) is 7.17. The van der Waals surface area contributed by atoms with Crippen molar-refractivity contribution in [3.8, 4) is 0 Å². The fraction of sp³-hybridized carbons (Fsp3) is 1.00. The fourth-order valence-corrected chi connectivity index (χ4v) is 1.85. The smallest absolute Gasteiger partial charge is 0.0719 e. The second-order valence-corrected chi connectivity index (χ2v) is 4.63. The van der Waals surface area contributed by atoms with E-state index in [1.165, 1.54) is 32.1 Å². The van der Waals surface area contributed by atoms with E-state index < -0.39 is 0 Å². The second kappa shape index (κ2) is 12.3. The van der Waals surface area contributed by atoms with Gasteiger partial charge in [0.15, 0.2) is 0 Å². The van der Waals surface area contributed by atoms with E-state index in [1.807, 2.05) is 6.92 Å². The molecule has 0 bridgehead atoms. The van der Waals surface area contributed by atoms with Crippen molar-refractivity contribution in [2.24, 2.45) is 5.73 Å². The summed E-state index contributed by atoms with van der Waals surface area (Å²) in [7, 11) is 0. The van der Waals surface area contributed by atoms with Crippen LogP contribution in [0.1, 0.15) is 59.3 Å². The van der Waals surface area contributed by atoms with Crippen molar-refractivity contribution in [3.05, 3.63) is 0 Å². The minimum atomic E-state index is 0.160. The molecule has 0 radical (unpaired) electrons. The summed E-state index contributed by atoms with van der Waals surface area (Å²) in [6.07, 6.45) is 7.84. The van der Waals surface area contributed by atoms with Crippen LogP contribution in [-0.2, 0) is 9.47 Å². The first-order chi connectivity index (χ1) is 8.24. The minimum absolute atomic E-state index is 0.160. The van der Waals surface area contributed by atoms with Crippen LogP contribution in [0.15, 0.2) is 0 Å². The van der Waals surface area contributed by atoms with E-state index in [0.717, 1.165) is 19.6 Å². The highest BCUT2D eigenvalue weighted by atomic mass is 16.5. The van der Waals surface area contributed by atoms with Crippen LogP contribution < -0.4 is 5.73 Å². The van der Waals surface area contributed by atoms with Crippen molar-refractivity contribution in [2.45, 2.75) is 71.5 Å². The Bertz CT molecular complexity index is 153. The molecule has 0 aromatic carbocycles. The molecular weight excluding hydrogens is 214 g/mol. The molecule has 0 saturated carbocycles. The van der Waals surface area contributed by atoms with Crippen LogP contribution in [0.5, 0.6) is 0 Å². The molecule has 0 aliphatic heterocycles. The standard InChI is InChI=1S/C14H31NO2/c1-4-6-7-8-9-13(3)17-11-10-14(12-15)16-5-2/h13-14H,4-12,15H2,1-3H3. The fourth-order valence-electron chi connectivity index (χ4n) is 1.85. The van der Waals surface area contributed by atoms with Crippen molar-refractivity contribution in [1.29, 1.82) is 0 Å². The third-order valence-electron chi connectivity index (χ3n) is 2.97. The van der Waals surface area contributed by atoms with Gasteiger partial charge in [0.1, 0.15) is 0 Å². The quantitative estimate of drug-likeness (QED) is 0.537. The van der Waals surface area contributed by atoms with Gasteiger partial charge in [-0.05, 0) is 26.7 Å². The van der Waals surface area contributed by atoms with Crippen molar-refractivity contribution in [1.82, 2.24) is 0 Å². The van der Waals surface area contributed by atoms with Crippen LogP contribution in [0.25, 0.3) is 0 Å². The predicted octanol–water partition coefficient (Wildman–Crippen LogP) is 3.12. The Kier molecular flexibility index (Phi) is 12.3. The van der Waals surface area contributed by atoms with Crippen LogP contribution >= 0.6 is 0 Å². The first kappa shape index (κ1) is 16.9. The first-order valence-corrected chi connectivity index (χ1v) is 7.17. The lowest BCUT2D eigenvalue weighted by Crippen LogP contribution is -2.26. The maximum absolute atomic E-state index is 5.77. The van der Waals surface area contributed by atoms with Gasteiger partial charge in [-0.3, -0.25) is 0 Å². The van der Waals surface area contributed by atoms with Crippen LogP contribution in [0.2, 0.25) is 0 Å². The van der Waals surface area contributed by atoms with Gasteiger partial charge in [0.05, 0.1) is 12.2 Å². The molecule has 104 valence electrons. The summed E-state index contributed by atoms with van der Waals surface area (Å²) < 4.78 is 11.2. The molecule has 0 spiro atoms. The van der Waals surface area contributed by atoms with Crippen molar-refractivity contribution in [2.75, 3.05) is 19.8 Å². The van der Waals surface area contributed by atoms with Gasteiger partial charge in [-0.1, -0.05) is 32.6 Å². The van der Waals surface area contributed by atoms with Gasteiger partial charge in [0.2, 0.25) is 0 Å². The normalized spacial score (nSPS) is 14.8. The summed E-state index contributed by atoms with van der Waals surface area (Å²) in [5, 5.41) is 0. The van der Waals surface area contributed by atoms with E-state index in [0.29, 0.717) is 12.6 Å². The predicted molar refractivity (Wildman–Crippen MR) is 73.3 cm³/mol. The van der Waals surface area contributed by atoms with E-state index in [-0.39, 0.29) is 6.10 Å². The Labute approximate surface area is 107 Å². The van der Waals surface area contributed by atoms with Gasteiger partial charge in [-0.2, -0.15) is 0 Å². The summed E-state index contributed by atoms with van der Waals surface area (Å²) in [4.78, 5) is 0. The van der Waals surface area contributed by atoms with E-state index in [2.05, 4.69) is 13.8 Å². The number of rotatable bonds is 12. The van der Waals surface area contributed by atoms with Gasteiger partial charge < -0.3 is 15.2 Å². The van der Waals surface area contributed by atoms with Gasteiger partial charge >= 0.3 is 0 Å². The molecule has 0 amide bonds. The van der Waals surface area contributed by atoms with Gasteiger partial charge in [-0.15, -0.1) is 0 Å². The zero-order chi connectivity index (χ0) is 12.9. The van der Waals surface area contributed by atoms with E-state index in [4.69, 9.17) is 15.2 Å². The average molecular weight is 245 g/mol. The summed E-state index contributed by atoms with van der Waals surface area (Å²) in [6, 6.07) is 0. The third-order valence-corrected chi connectivity index (χ3v) is 2.97. The zero-order valence-corrected chi connectivity index (χ0v) is 11.9. The molecule has 2 unspecified atom stereocenters. The lowest BCUT2D eigenvalue weighted by Gasteiger charge is -2.17. The van der Waals surface area contributed by atoms with Gasteiger partial charge in [0.25, 0.3) is 0 Å². The summed E-state index contributed by atoms with van der Waals surface area (Å²) >= 11 is 0. The summed E-state index contributed by atoms with van der Waals surface area (Å²) in [6.45, 7) is 8.47. The molecule has 0 aliphatic carbocycles. The Hall–Kier alpha value is -0.120. The molecule has 3 heteroatoms. The van der Waals surface area contributed by atoms with Crippen LogP contribution in [0.4, 0.5) is 0 Å². The molecule has 3 nitrogen and oxygen atoms in total. The highest BCUT2D eigenvalue weighted by Gasteiger charge is 2.07. The Balaban J connectivity index is 3.39. The Morgan fingerprint density at radius 3 is 2.35 bits per heavy atom. The molecule has 0 fully saturated rings. The molecule has 0 aromatic rings. The SMILES string of the molecule is CCCCCCC(C)OCCC(CN)OCC. The van der Waals surface area contributed by atoms with Crippen molar-refractivity contribution >= 4 is 0 Å². The number of nitrogens with two attached hydrogens (primary N) is 1. The molecule has 0 rings (SSSR count). The molecule has 0 heterocycles.